The third-order valence-electron chi connectivity index (χ3n) is 3.47. The van der Waals surface area contributed by atoms with Gasteiger partial charge in [-0.25, -0.2) is 0 Å². The fourth-order valence-corrected chi connectivity index (χ4v) is 3.35. The second-order valence-corrected chi connectivity index (χ2v) is 5.75. The van der Waals surface area contributed by atoms with Crippen LogP contribution in [0.5, 0.6) is 5.75 Å². The summed E-state index contributed by atoms with van der Waals surface area (Å²) in [7, 11) is 0. The van der Waals surface area contributed by atoms with E-state index < -0.39 is 0 Å². The number of rotatable bonds is 4. The Bertz CT molecular complexity index is 765. The normalized spacial score (nSPS) is 10.8. The van der Waals surface area contributed by atoms with Crippen molar-refractivity contribution in [1.29, 1.82) is 0 Å². The summed E-state index contributed by atoms with van der Waals surface area (Å²) in [6, 6.07) is 20.3. The van der Waals surface area contributed by atoms with Gasteiger partial charge < -0.3 is 4.74 Å². The zero-order valence-corrected chi connectivity index (χ0v) is 13.7. The first-order valence-electron chi connectivity index (χ1n) is 6.72. The smallest absolute Gasteiger partial charge is 0.125 e. The van der Waals surface area contributed by atoms with Gasteiger partial charge in [0.25, 0.3) is 0 Å². The lowest BCUT2D eigenvalue weighted by Crippen LogP contribution is -1.99. The highest BCUT2D eigenvalue weighted by Crippen LogP contribution is 2.29. The average Bonchev–Trinajstić information content (AvgIpc) is 2.53. The molecule has 0 bridgehead atoms. The molecule has 0 atom stereocenters. The highest BCUT2D eigenvalue weighted by atomic mass is 79.9. The average molecular weight is 362 g/mol. The van der Waals surface area contributed by atoms with Gasteiger partial charge in [0, 0.05) is 15.9 Å². The monoisotopic (exact) mass is 360 g/mol. The van der Waals surface area contributed by atoms with Gasteiger partial charge in [0.2, 0.25) is 0 Å². The summed E-state index contributed by atoms with van der Waals surface area (Å²) in [5.74, 6) is 0.826. The first kappa shape index (κ1) is 14.4. The summed E-state index contributed by atoms with van der Waals surface area (Å²) < 4.78 is 5.99. The van der Waals surface area contributed by atoms with Gasteiger partial charge in [-0.2, -0.15) is 0 Å². The first-order valence-corrected chi connectivity index (χ1v) is 8.22. The summed E-state index contributed by atoms with van der Waals surface area (Å²) in [5.41, 5.74) is 2.16. The van der Waals surface area contributed by atoms with Crippen LogP contribution in [0.2, 0.25) is 5.02 Å². The van der Waals surface area contributed by atoms with Gasteiger partial charge in [-0.3, -0.25) is 0 Å². The van der Waals surface area contributed by atoms with Crippen molar-refractivity contribution in [2.24, 2.45) is 0 Å². The van der Waals surface area contributed by atoms with Crippen LogP contribution in [-0.4, -0.2) is 0 Å². The van der Waals surface area contributed by atoms with E-state index in [4.69, 9.17) is 16.3 Å². The minimum Gasteiger partial charge on any atom is -0.489 e. The number of benzene rings is 3. The Morgan fingerprint density at radius 1 is 0.905 bits per heavy atom. The van der Waals surface area contributed by atoms with Crippen LogP contribution >= 0.6 is 27.5 Å². The van der Waals surface area contributed by atoms with Gasteiger partial charge >= 0.3 is 0 Å². The Morgan fingerprint density at radius 2 is 1.67 bits per heavy atom. The zero-order chi connectivity index (χ0) is 14.7. The molecule has 0 radical (unpaired) electrons. The molecule has 0 aromatic heterocycles. The maximum atomic E-state index is 6.20. The van der Waals surface area contributed by atoms with Crippen LogP contribution < -0.4 is 4.74 Å². The molecule has 0 unspecified atom stereocenters. The summed E-state index contributed by atoms with van der Waals surface area (Å²) in [4.78, 5) is 0. The maximum Gasteiger partial charge on any atom is 0.125 e. The van der Waals surface area contributed by atoms with Gasteiger partial charge in [-0.1, -0.05) is 76.1 Å². The van der Waals surface area contributed by atoms with Crippen LogP contribution in [0, 0.1) is 0 Å². The number of fused-ring (bicyclic) bond motifs is 1. The highest BCUT2D eigenvalue weighted by Gasteiger charge is 2.08. The standard InChI is InChI=1S/C18H14BrClO/c19-11-16-17(20)9-4-10-18(16)21-12-14-7-3-6-13-5-1-2-8-15(13)14/h1-10H,11-12H2. The first-order chi connectivity index (χ1) is 10.3. The van der Waals surface area contributed by atoms with E-state index in [-0.39, 0.29) is 0 Å². The SMILES string of the molecule is Clc1cccc(OCc2cccc3ccccc23)c1CBr. The van der Waals surface area contributed by atoms with Gasteiger partial charge in [0.1, 0.15) is 12.4 Å². The van der Waals surface area contributed by atoms with E-state index in [1.807, 2.05) is 24.3 Å². The quantitative estimate of drug-likeness (QED) is 0.520. The number of hydrogen-bond acceptors (Lipinski definition) is 1. The third kappa shape index (κ3) is 3.07. The number of halogens is 2. The molecule has 0 amide bonds. The molecule has 0 fully saturated rings. The molecule has 3 aromatic rings. The van der Waals surface area contributed by atoms with Gasteiger partial charge in [-0.05, 0) is 28.5 Å². The van der Waals surface area contributed by atoms with Crippen molar-refractivity contribution < 1.29 is 4.74 Å². The molecule has 0 aliphatic carbocycles. The van der Waals surface area contributed by atoms with E-state index in [0.717, 1.165) is 16.3 Å². The third-order valence-corrected chi connectivity index (χ3v) is 4.39. The molecule has 0 spiro atoms. The molecule has 3 heteroatoms. The van der Waals surface area contributed by atoms with Crippen molar-refractivity contribution in [2.75, 3.05) is 0 Å². The molecule has 0 saturated heterocycles. The molecule has 0 saturated carbocycles. The highest BCUT2D eigenvalue weighted by molar-refractivity contribution is 9.08. The fourth-order valence-electron chi connectivity index (χ4n) is 2.38. The Hall–Kier alpha value is -1.51. The van der Waals surface area contributed by atoms with Crippen LogP contribution in [0.3, 0.4) is 0 Å². The largest absolute Gasteiger partial charge is 0.489 e. The molecule has 3 rings (SSSR count). The van der Waals surface area contributed by atoms with Crippen LogP contribution in [0.15, 0.2) is 60.7 Å². The Balaban J connectivity index is 1.89. The van der Waals surface area contributed by atoms with E-state index in [1.165, 1.54) is 16.3 Å². The van der Waals surface area contributed by atoms with E-state index in [9.17, 15) is 0 Å². The maximum absolute atomic E-state index is 6.20. The molecule has 21 heavy (non-hydrogen) atoms. The second kappa shape index (κ2) is 6.50. The van der Waals surface area contributed by atoms with Crippen molar-refractivity contribution in [3.05, 3.63) is 76.8 Å². The molecular formula is C18H14BrClO. The van der Waals surface area contributed by atoms with Crippen LogP contribution in [0.25, 0.3) is 10.8 Å². The molecule has 106 valence electrons. The van der Waals surface area contributed by atoms with E-state index in [0.29, 0.717) is 11.9 Å². The van der Waals surface area contributed by atoms with Crippen molar-refractivity contribution in [3.63, 3.8) is 0 Å². The van der Waals surface area contributed by atoms with E-state index >= 15 is 0 Å². The Labute approximate surface area is 137 Å². The lowest BCUT2D eigenvalue weighted by atomic mass is 10.1. The Kier molecular flexibility index (Phi) is 4.47. The van der Waals surface area contributed by atoms with Gasteiger partial charge in [0.05, 0.1) is 0 Å². The lowest BCUT2D eigenvalue weighted by molar-refractivity contribution is 0.305. The number of alkyl halides is 1. The minimum absolute atomic E-state index is 0.529. The molecule has 1 nitrogen and oxygen atoms in total. The number of ether oxygens (including phenoxy) is 1. The topological polar surface area (TPSA) is 9.23 Å². The van der Waals surface area contributed by atoms with Crippen LogP contribution in [-0.2, 0) is 11.9 Å². The van der Waals surface area contributed by atoms with Crippen LogP contribution in [0.1, 0.15) is 11.1 Å². The molecular weight excluding hydrogens is 348 g/mol. The summed E-state index contributed by atoms with van der Waals surface area (Å²) >= 11 is 9.66. The molecule has 0 N–H and O–H groups in total. The zero-order valence-electron chi connectivity index (χ0n) is 11.4. The number of hydrogen-bond donors (Lipinski definition) is 0. The van der Waals surface area contributed by atoms with Crippen molar-refractivity contribution >= 4 is 38.3 Å². The van der Waals surface area contributed by atoms with Crippen LogP contribution in [0.4, 0.5) is 0 Å². The van der Waals surface area contributed by atoms with E-state index in [1.54, 1.807) is 0 Å². The Morgan fingerprint density at radius 3 is 2.52 bits per heavy atom. The van der Waals surface area contributed by atoms with E-state index in [2.05, 4.69) is 52.3 Å². The summed E-state index contributed by atoms with van der Waals surface area (Å²) in [6.07, 6.45) is 0. The van der Waals surface area contributed by atoms with Gasteiger partial charge in [0.15, 0.2) is 0 Å². The predicted molar refractivity (Wildman–Crippen MR) is 92.4 cm³/mol. The van der Waals surface area contributed by atoms with Crippen molar-refractivity contribution in [2.45, 2.75) is 11.9 Å². The van der Waals surface area contributed by atoms with Gasteiger partial charge in [-0.15, -0.1) is 0 Å². The molecule has 3 aromatic carbocycles. The predicted octanol–water partition coefficient (Wildman–Crippen LogP) is 5.97. The molecule has 0 aliphatic rings. The van der Waals surface area contributed by atoms with Crippen molar-refractivity contribution in [1.82, 2.24) is 0 Å². The second-order valence-electron chi connectivity index (χ2n) is 4.78. The lowest BCUT2D eigenvalue weighted by Gasteiger charge is -2.12. The minimum atomic E-state index is 0.529. The van der Waals surface area contributed by atoms with Crippen molar-refractivity contribution in [3.8, 4) is 5.75 Å². The summed E-state index contributed by atoms with van der Waals surface area (Å²) in [6.45, 7) is 0.529. The molecule has 0 aliphatic heterocycles. The summed E-state index contributed by atoms with van der Waals surface area (Å²) in [5, 5.41) is 3.85. The molecule has 0 heterocycles. The fraction of sp³-hybridized carbons (Fsp3) is 0.111.